The summed E-state index contributed by atoms with van der Waals surface area (Å²) in [5.41, 5.74) is 1.79. The topological polar surface area (TPSA) is 57.8 Å². The van der Waals surface area contributed by atoms with E-state index in [-0.39, 0.29) is 5.56 Å². The lowest BCUT2D eigenvalue weighted by molar-refractivity contribution is 0.0677. The van der Waals surface area contributed by atoms with E-state index < -0.39 is 5.60 Å². The van der Waals surface area contributed by atoms with Gasteiger partial charge >= 0.3 is 0 Å². The third-order valence-corrected chi connectivity index (χ3v) is 3.78. The Morgan fingerprint density at radius 1 is 1.45 bits per heavy atom. The van der Waals surface area contributed by atoms with E-state index in [0.29, 0.717) is 18.7 Å². The van der Waals surface area contributed by atoms with Crippen molar-refractivity contribution in [2.45, 2.75) is 32.4 Å². The number of fused-ring (bicyclic) bond motifs is 1. The van der Waals surface area contributed by atoms with Gasteiger partial charge in [0, 0.05) is 31.9 Å². The number of aromatic nitrogens is 2. The molecule has 0 aromatic carbocycles. The fraction of sp³-hybridized carbons (Fsp3) is 0.467. The summed E-state index contributed by atoms with van der Waals surface area (Å²) in [6.07, 6.45) is 2.56. The molecule has 1 aliphatic heterocycles. The van der Waals surface area contributed by atoms with E-state index >= 15 is 0 Å². The highest BCUT2D eigenvalue weighted by atomic mass is 16.3. The lowest BCUT2D eigenvalue weighted by atomic mass is 10.1. The smallest absolute Gasteiger partial charge is 0.258 e. The lowest BCUT2D eigenvalue weighted by Gasteiger charge is -2.18. The molecule has 2 aromatic heterocycles. The van der Waals surface area contributed by atoms with Crippen LogP contribution < -0.4 is 5.56 Å². The van der Waals surface area contributed by atoms with E-state index in [0.717, 1.165) is 24.2 Å². The number of aliphatic hydroxyl groups is 1. The van der Waals surface area contributed by atoms with Crippen molar-refractivity contribution in [3.05, 3.63) is 46.0 Å². The van der Waals surface area contributed by atoms with Gasteiger partial charge in [0.05, 0.1) is 11.3 Å². The van der Waals surface area contributed by atoms with Crippen LogP contribution in [0.5, 0.6) is 0 Å². The summed E-state index contributed by atoms with van der Waals surface area (Å²) in [6.45, 7) is 5.87. The molecule has 0 bridgehead atoms. The van der Waals surface area contributed by atoms with Gasteiger partial charge in [-0.3, -0.25) is 14.1 Å². The third kappa shape index (κ3) is 2.59. The van der Waals surface area contributed by atoms with Crippen LogP contribution in [0.2, 0.25) is 0 Å². The summed E-state index contributed by atoms with van der Waals surface area (Å²) in [5, 5.41) is 9.97. The molecule has 0 amide bonds. The van der Waals surface area contributed by atoms with E-state index in [2.05, 4.69) is 9.88 Å². The van der Waals surface area contributed by atoms with Crippen LogP contribution in [0.25, 0.3) is 5.65 Å². The molecular formula is C15H19N3O2. The summed E-state index contributed by atoms with van der Waals surface area (Å²) in [7, 11) is 0. The van der Waals surface area contributed by atoms with Crippen molar-refractivity contribution in [3.8, 4) is 0 Å². The molecule has 1 atom stereocenters. The minimum absolute atomic E-state index is 0.0559. The number of aryl methyl sites for hydroxylation is 1. The molecule has 0 saturated carbocycles. The second-order valence-electron chi connectivity index (χ2n) is 5.98. The van der Waals surface area contributed by atoms with Crippen molar-refractivity contribution in [1.82, 2.24) is 14.3 Å². The highest BCUT2D eigenvalue weighted by Gasteiger charge is 2.31. The van der Waals surface area contributed by atoms with Gasteiger partial charge in [0.25, 0.3) is 5.56 Å². The fourth-order valence-corrected chi connectivity index (χ4v) is 2.74. The summed E-state index contributed by atoms with van der Waals surface area (Å²) in [4.78, 5) is 18.8. The van der Waals surface area contributed by atoms with E-state index in [1.54, 1.807) is 16.7 Å². The zero-order valence-corrected chi connectivity index (χ0v) is 11.8. The molecule has 5 nitrogen and oxygen atoms in total. The Morgan fingerprint density at radius 3 is 2.95 bits per heavy atom. The van der Waals surface area contributed by atoms with Crippen LogP contribution in [0.3, 0.4) is 0 Å². The Bertz CT molecular complexity index is 706. The van der Waals surface area contributed by atoms with Crippen LogP contribution in [-0.4, -0.2) is 38.1 Å². The molecule has 0 radical (unpaired) electrons. The molecule has 5 heteroatoms. The maximum atomic E-state index is 12.1. The molecule has 1 unspecified atom stereocenters. The number of hydrogen-bond acceptors (Lipinski definition) is 4. The molecule has 2 aromatic rings. The molecule has 1 N–H and O–H groups in total. The SMILES string of the molecule is Cc1ccc2nc(CN3CCC(C)(O)C3)cc(=O)n2c1. The quantitative estimate of drug-likeness (QED) is 0.885. The molecule has 3 rings (SSSR count). The van der Waals surface area contributed by atoms with E-state index in [1.165, 1.54) is 0 Å². The molecule has 3 heterocycles. The van der Waals surface area contributed by atoms with Crippen LogP contribution in [-0.2, 0) is 6.54 Å². The minimum atomic E-state index is -0.622. The second-order valence-corrected chi connectivity index (χ2v) is 5.98. The van der Waals surface area contributed by atoms with Gasteiger partial charge in [-0.25, -0.2) is 4.98 Å². The maximum Gasteiger partial charge on any atom is 0.258 e. The largest absolute Gasteiger partial charge is 0.389 e. The number of pyridine rings is 1. The van der Waals surface area contributed by atoms with Gasteiger partial charge in [-0.05, 0) is 31.9 Å². The summed E-state index contributed by atoms with van der Waals surface area (Å²) >= 11 is 0. The highest BCUT2D eigenvalue weighted by molar-refractivity contribution is 5.39. The zero-order valence-electron chi connectivity index (χ0n) is 11.8. The maximum absolute atomic E-state index is 12.1. The van der Waals surface area contributed by atoms with Crippen molar-refractivity contribution in [3.63, 3.8) is 0 Å². The third-order valence-electron chi connectivity index (χ3n) is 3.78. The van der Waals surface area contributed by atoms with E-state index in [9.17, 15) is 9.90 Å². The number of likely N-dealkylation sites (tertiary alicyclic amines) is 1. The highest BCUT2D eigenvalue weighted by Crippen LogP contribution is 2.21. The molecule has 0 aliphatic carbocycles. The number of β-amino-alcohol motifs (C(OH)–C–C–N with tert-alkyl or cyclic N) is 1. The van der Waals surface area contributed by atoms with Crippen LogP contribution in [0.1, 0.15) is 24.6 Å². The van der Waals surface area contributed by atoms with Gasteiger partial charge in [-0.1, -0.05) is 6.07 Å². The molecule has 106 valence electrons. The van der Waals surface area contributed by atoms with Gasteiger partial charge in [0.2, 0.25) is 0 Å². The van der Waals surface area contributed by atoms with Crippen LogP contribution in [0.15, 0.2) is 29.2 Å². The van der Waals surface area contributed by atoms with E-state index in [1.807, 2.05) is 26.0 Å². The Balaban J connectivity index is 1.90. The lowest BCUT2D eigenvalue weighted by Crippen LogP contribution is -2.30. The minimum Gasteiger partial charge on any atom is -0.389 e. The van der Waals surface area contributed by atoms with Gasteiger partial charge < -0.3 is 5.11 Å². The van der Waals surface area contributed by atoms with Crippen molar-refractivity contribution in [2.24, 2.45) is 0 Å². The van der Waals surface area contributed by atoms with Gasteiger partial charge in [0.15, 0.2) is 0 Å². The van der Waals surface area contributed by atoms with Crippen LogP contribution in [0.4, 0.5) is 0 Å². The normalized spacial score (nSPS) is 23.6. The average molecular weight is 273 g/mol. The van der Waals surface area contributed by atoms with Gasteiger partial charge in [-0.15, -0.1) is 0 Å². The Kier molecular flexibility index (Phi) is 3.11. The molecule has 1 fully saturated rings. The first-order valence-corrected chi connectivity index (χ1v) is 6.87. The number of nitrogens with zero attached hydrogens (tertiary/aromatic N) is 3. The summed E-state index contributed by atoms with van der Waals surface area (Å²) in [6, 6.07) is 5.39. The first kappa shape index (κ1) is 13.3. The van der Waals surface area contributed by atoms with Crippen molar-refractivity contribution >= 4 is 5.65 Å². The molecule has 0 spiro atoms. The summed E-state index contributed by atoms with van der Waals surface area (Å²) in [5.74, 6) is 0. The standard InChI is InChI=1S/C15H19N3O2/c1-11-3-4-13-16-12(7-14(19)18(13)8-11)9-17-6-5-15(2,20)10-17/h3-4,7-8,20H,5-6,9-10H2,1-2H3. The second kappa shape index (κ2) is 4.68. The van der Waals surface area contributed by atoms with Crippen molar-refractivity contribution in [2.75, 3.05) is 13.1 Å². The first-order valence-electron chi connectivity index (χ1n) is 6.87. The predicted octanol–water partition coefficient (Wildman–Crippen LogP) is 0.960. The molecular weight excluding hydrogens is 254 g/mol. The van der Waals surface area contributed by atoms with Crippen LogP contribution >= 0.6 is 0 Å². The monoisotopic (exact) mass is 273 g/mol. The zero-order chi connectivity index (χ0) is 14.3. The van der Waals surface area contributed by atoms with Gasteiger partial charge in [-0.2, -0.15) is 0 Å². The Labute approximate surface area is 117 Å². The molecule has 1 aliphatic rings. The van der Waals surface area contributed by atoms with Crippen molar-refractivity contribution < 1.29 is 5.11 Å². The summed E-state index contributed by atoms with van der Waals surface area (Å²) < 4.78 is 1.57. The Morgan fingerprint density at radius 2 is 2.25 bits per heavy atom. The van der Waals surface area contributed by atoms with Crippen molar-refractivity contribution in [1.29, 1.82) is 0 Å². The van der Waals surface area contributed by atoms with Crippen LogP contribution in [0, 0.1) is 6.92 Å². The first-order chi connectivity index (χ1) is 9.43. The molecule has 20 heavy (non-hydrogen) atoms. The Hall–Kier alpha value is -1.72. The average Bonchev–Trinajstić information content (AvgIpc) is 2.70. The predicted molar refractivity (Wildman–Crippen MR) is 76.7 cm³/mol. The molecule has 1 saturated heterocycles. The van der Waals surface area contributed by atoms with Gasteiger partial charge in [0.1, 0.15) is 5.65 Å². The number of rotatable bonds is 2. The fourth-order valence-electron chi connectivity index (χ4n) is 2.74. The number of hydrogen-bond donors (Lipinski definition) is 1. The van der Waals surface area contributed by atoms with E-state index in [4.69, 9.17) is 0 Å².